The van der Waals surface area contributed by atoms with E-state index in [0.717, 1.165) is 38.3 Å². The number of hydrogen-bond donors (Lipinski definition) is 2. The highest BCUT2D eigenvalue weighted by atomic mass is 35.5. The maximum atomic E-state index is 12.8. The molecule has 2 rings (SSSR count). The minimum Gasteiger partial charge on any atom is -0.355 e. The van der Waals surface area contributed by atoms with Crippen molar-refractivity contribution in [3.63, 3.8) is 0 Å². The second-order valence-corrected chi connectivity index (χ2v) is 6.91. The van der Waals surface area contributed by atoms with Crippen LogP contribution < -0.4 is 15.5 Å². The van der Waals surface area contributed by atoms with Crippen molar-refractivity contribution in [3.8, 4) is 0 Å². The van der Waals surface area contributed by atoms with Gasteiger partial charge in [-0.3, -0.25) is 4.99 Å². The third kappa shape index (κ3) is 6.14. The monoisotopic (exact) mass is 406 g/mol. The Hall–Kier alpha value is -1.74. The number of aromatic nitrogens is 1. The van der Waals surface area contributed by atoms with Crippen LogP contribution in [0.15, 0.2) is 17.3 Å². The number of anilines is 1. The van der Waals surface area contributed by atoms with Crippen LogP contribution in [0.4, 0.5) is 19.0 Å². The Labute approximate surface area is 162 Å². The molecule has 0 bridgehead atoms. The SMILES string of the molecule is CCN(C)CCNC(=NC)NC1CCN(c2ncc(C(F)(F)F)cc2Cl)C1. The zero-order chi connectivity index (χ0) is 20.0. The minimum absolute atomic E-state index is 0.00980. The normalized spacial score (nSPS) is 18.3. The van der Waals surface area contributed by atoms with Crippen LogP contribution in [0.1, 0.15) is 18.9 Å². The first kappa shape index (κ1) is 21.6. The molecule has 1 fully saturated rings. The maximum Gasteiger partial charge on any atom is 0.417 e. The highest BCUT2D eigenvalue weighted by molar-refractivity contribution is 6.33. The van der Waals surface area contributed by atoms with Crippen LogP contribution in [-0.2, 0) is 6.18 Å². The van der Waals surface area contributed by atoms with Crippen molar-refractivity contribution in [2.24, 2.45) is 4.99 Å². The zero-order valence-electron chi connectivity index (χ0n) is 15.8. The molecule has 0 saturated carbocycles. The van der Waals surface area contributed by atoms with Crippen molar-refractivity contribution < 1.29 is 13.2 Å². The van der Waals surface area contributed by atoms with Gasteiger partial charge < -0.3 is 20.4 Å². The predicted octanol–water partition coefficient (Wildman–Crippen LogP) is 2.45. The molecule has 152 valence electrons. The van der Waals surface area contributed by atoms with Crippen LogP contribution in [0.5, 0.6) is 0 Å². The third-order valence-electron chi connectivity index (χ3n) is 4.53. The number of alkyl halides is 3. The lowest BCUT2D eigenvalue weighted by atomic mass is 10.2. The van der Waals surface area contributed by atoms with E-state index in [4.69, 9.17) is 11.6 Å². The second kappa shape index (κ2) is 9.45. The predicted molar refractivity (Wildman–Crippen MR) is 103 cm³/mol. The van der Waals surface area contributed by atoms with Gasteiger partial charge in [0.25, 0.3) is 0 Å². The quantitative estimate of drug-likeness (QED) is 0.561. The molecule has 1 atom stereocenters. The van der Waals surface area contributed by atoms with E-state index in [1.165, 1.54) is 0 Å². The topological polar surface area (TPSA) is 55.8 Å². The summed E-state index contributed by atoms with van der Waals surface area (Å²) in [6.45, 7) is 6.00. The molecule has 0 amide bonds. The van der Waals surface area contributed by atoms with Crippen molar-refractivity contribution in [1.82, 2.24) is 20.5 Å². The Morgan fingerprint density at radius 3 is 2.81 bits per heavy atom. The van der Waals surface area contributed by atoms with Gasteiger partial charge in [-0.1, -0.05) is 18.5 Å². The van der Waals surface area contributed by atoms with Gasteiger partial charge in [0.15, 0.2) is 5.96 Å². The van der Waals surface area contributed by atoms with Gasteiger partial charge in [-0.2, -0.15) is 13.2 Å². The molecule has 1 aromatic heterocycles. The van der Waals surface area contributed by atoms with Crippen LogP contribution in [-0.4, -0.2) is 68.7 Å². The summed E-state index contributed by atoms with van der Waals surface area (Å²) in [7, 11) is 3.76. The molecule has 0 aliphatic carbocycles. The first-order valence-corrected chi connectivity index (χ1v) is 9.25. The number of aliphatic imine (C=N–C) groups is 1. The van der Waals surface area contributed by atoms with Crippen LogP contribution in [0.3, 0.4) is 0 Å². The molecule has 2 N–H and O–H groups in total. The van der Waals surface area contributed by atoms with Crippen LogP contribution in [0, 0.1) is 0 Å². The number of nitrogens with one attached hydrogen (secondary N) is 2. The lowest BCUT2D eigenvalue weighted by Gasteiger charge is -2.21. The Morgan fingerprint density at radius 2 is 2.22 bits per heavy atom. The highest BCUT2D eigenvalue weighted by Gasteiger charge is 2.33. The number of halogens is 4. The van der Waals surface area contributed by atoms with Gasteiger partial charge in [-0.25, -0.2) is 4.98 Å². The Balaban J connectivity index is 1.91. The smallest absolute Gasteiger partial charge is 0.355 e. The summed E-state index contributed by atoms with van der Waals surface area (Å²) in [6, 6.07) is 1.04. The van der Waals surface area contributed by atoms with Crippen LogP contribution in [0.25, 0.3) is 0 Å². The van der Waals surface area contributed by atoms with E-state index in [9.17, 15) is 13.2 Å². The summed E-state index contributed by atoms with van der Waals surface area (Å²) in [4.78, 5) is 12.2. The third-order valence-corrected chi connectivity index (χ3v) is 4.81. The van der Waals surface area contributed by atoms with Crippen LogP contribution in [0.2, 0.25) is 5.02 Å². The lowest BCUT2D eigenvalue weighted by Crippen LogP contribution is -2.46. The molecule has 1 unspecified atom stereocenters. The summed E-state index contributed by atoms with van der Waals surface area (Å²) >= 11 is 6.04. The molecular formula is C17H26ClF3N6. The molecule has 10 heteroatoms. The molecule has 6 nitrogen and oxygen atoms in total. The molecule has 27 heavy (non-hydrogen) atoms. The van der Waals surface area contributed by atoms with Gasteiger partial charge in [0.1, 0.15) is 5.82 Å². The summed E-state index contributed by atoms with van der Waals surface area (Å²) in [5, 5.41) is 6.61. The summed E-state index contributed by atoms with van der Waals surface area (Å²) < 4.78 is 38.3. The number of nitrogens with zero attached hydrogens (tertiary/aromatic N) is 4. The standard InChI is InChI=1S/C17H26ClF3N6/c1-4-26(3)8-6-23-16(22-2)25-13-5-7-27(11-13)15-14(18)9-12(10-24-15)17(19,20)21/h9-10,13H,4-8,11H2,1-3H3,(H2,22,23,25). The zero-order valence-corrected chi connectivity index (χ0v) is 16.5. The van der Waals surface area contributed by atoms with Gasteiger partial charge in [-0.15, -0.1) is 0 Å². The van der Waals surface area contributed by atoms with Gasteiger partial charge in [-0.05, 0) is 26.1 Å². The number of guanidine groups is 1. The van der Waals surface area contributed by atoms with Crippen molar-refractivity contribution >= 4 is 23.4 Å². The first-order valence-electron chi connectivity index (χ1n) is 8.88. The molecule has 0 spiro atoms. The minimum atomic E-state index is -4.45. The fourth-order valence-electron chi connectivity index (χ4n) is 2.80. The summed E-state index contributed by atoms with van der Waals surface area (Å²) in [5.74, 6) is 1.08. The first-order chi connectivity index (χ1) is 12.7. The highest BCUT2D eigenvalue weighted by Crippen LogP contribution is 2.34. The van der Waals surface area contributed by atoms with E-state index in [2.05, 4.69) is 32.4 Å². The van der Waals surface area contributed by atoms with Crippen molar-refractivity contribution in [2.75, 3.05) is 51.7 Å². The molecule has 1 saturated heterocycles. The van der Waals surface area contributed by atoms with Crippen molar-refractivity contribution in [2.45, 2.75) is 25.6 Å². The van der Waals surface area contributed by atoms with Crippen molar-refractivity contribution in [1.29, 1.82) is 0 Å². The molecule has 2 heterocycles. The fourth-order valence-corrected chi connectivity index (χ4v) is 3.09. The van der Waals surface area contributed by atoms with E-state index in [-0.39, 0.29) is 11.1 Å². The van der Waals surface area contributed by atoms with Gasteiger partial charge in [0.2, 0.25) is 0 Å². The Morgan fingerprint density at radius 1 is 1.48 bits per heavy atom. The molecule has 1 aromatic rings. The fraction of sp³-hybridized carbons (Fsp3) is 0.647. The molecule has 1 aliphatic heterocycles. The number of hydrogen-bond acceptors (Lipinski definition) is 4. The lowest BCUT2D eigenvalue weighted by molar-refractivity contribution is -0.137. The molecule has 0 aromatic carbocycles. The maximum absolute atomic E-state index is 12.8. The van der Waals surface area contributed by atoms with E-state index >= 15 is 0 Å². The molecule has 0 radical (unpaired) electrons. The number of pyridine rings is 1. The van der Waals surface area contributed by atoms with Gasteiger partial charge in [0, 0.05) is 45.5 Å². The largest absolute Gasteiger partial charge is 0.417 e. The van der Waals surface area contributed by atoms with Gasteiger partial charge >= 0.3 is 6.18 Å². The molecular weight excluding hydrogens is 381 g/mol. The van der Waals surface area contributed by atoms with Crippen molar-refractivity contribution in [3.05, 3.63) is 22.8 Å². The van der Waals surface area contributed by atoms with E-state index in [1.807, 2.05) is 11.9 Å². The van der Waals surface area contributed by atoms with E-state index in [1.54, 1.807) is 7.05 Å². The average molecular weight is 407 g/mol. The second-order valence-electron chi connectivity index (χ2n) is 6.50. The van der Waals surface area contributed by atoms with Crippen LogP contribution >= 0.6 is 11.6 Å². The van der Waals surface area contributed by atoms with Gasteiger partial charge in [0.05, 0.1) is 10.6 Å². The number of likely N-dealkylation sites (N-methyl/N-ethyl adjacent to an activating group) is 1. The van der Waals surface area contributed by atoms with E-state index in [0.29, 0.717) is 24.9 Å². The Bertz CT molecular complexity index is 652. The summed E-state index contributed by atoms with van der Waals surface area (Å²) in [6.07, 6.45) is -2.81. The average Bonchev–Trinajstić information content (AvgIpc) is 3.07. The number of rotatable bonds is 6. The molecule has 1 aliphatic rings. The Kier molecular flexibility index (Phi) is 7.55. The summed E-state index contributed by atoms with van der Waals surface area (Å²) in [5.41, 5.74) is -0.841. The van der Waals surface area contributed by atoms with E-state index < -0.39 is 11.7 Å².